The van der Waals surface area contributed by atoms with Crippen molar-refractivity contribution in [3.05, 3.63) is 57.9 Å². The van der Waals surface area contributed by atoms with Crippen LogP contribution < -0.4 is 5.73 Å². The van der Waals surface area contributed by atoms with Crippen LogP contribution in [0.1, 0.15) is 37.0 Å². The van der Waals surface area contributed by atoms with Crippen molar-refractivity contribution in [2.45, 2.75) is 51.4 Å². The minimum absolute atomic E-state index is 0.0989. The summed E-state index contributed by atoms with van der Waals surface area (Å²) in [6.07, 6.45) is 5.04. The summed E-state index contributed by atoms with van der Waals surface area (Å²) in [6.45, 7) is 4.84. The predicted octanol–water partition coefficient (Wildman–Crippen LogP) is 2.00. The summed E-state index contributed by atoms with van der Waals surface area (Å²) in [5.74, 6) is -5.59. The van der Waals surface area contributed by atoms with Crippen molar-refractivity contribution >= 4 is 23.2 Å². The lowest BCUT2D eigenvalue weighted by molar-refractivity contribution is -0.136. The maximum absolute atomic E-state index is 13.8. The zero-order valence-corrected chi connectivity index (χ0v) is 21.4. The summed E-state index contributed by atoms with van der Waals surface area (Å²) in [5.41, 5.74) is 6.92. The Morgan fingerprint density at radius 3 is 2.32 bits per heavy atom. The Hall–Kier alpha value is -3.43. The van der Waals surface area contributed by atoms with Crippen LogP contribution in [0.2, 0.25) is 0 Å². The monoisotopic (exact) mass is 507 g/mol. The Morgan fingerprint density at radius 1 is 1.08 bits per heavy atom. The first-order valence-corrected chi connectivity index (χ1v) is 12.6. The normalized spacial score (nSPS) is 31.6. The molecule has 5 N–H and O–H groups in total. The van der Waals surface area contributed by atoms with E-state index in [0.29, 0.717) is 19.4 Å². The minimum atomic E-state index is -1.25. The van der Waals surface area contributed by atoms with Gasteiger partial charge in [-0.25, -0.2) is 0 Å². The van der Waals surface area contributed by atoms with E-state index in [4.69, 9.17) is 5.73 Å². The summed E-state index contributed by atoms with van der Waals surface area (Å²) in [4.78, 5) is 43.1. The van der Waals surface area contributed by atoms with E-state index < -0.39 is 52.6 Å². The summed E-state index contributed by atoms with van der Waals surface area (Å²) in [5, 5.41) is 33.0. The fraction of sp³-hybridized carbons (Fsp3) is 0.464. The minimum Gasteiger partial charge on any atom is -0.510 e. The number of primary amides is 1. The molecule has 1 aliphatic heterocycles. The lowest BCUT2D eigenvalue weighted by Crippen LogP contribution is -2.55. The first kappa shape index (κ1) is 25.2. The lowest BCUT2D eigenvalue weighted by atomic mass is 9.59. The van der Waals surface area contributed by atoms with Gasteiger partial charge in [0.25, 0.3) is 5.91 Å². The van der Waals surface area contributed by atoms with E-state index in [1.807, 2.05) is 6.07 Å². The molecule has 9 heteroatoms. The molecule has 0 saturated heterocycles. The number of Topliss-reactive ketones (excluding diaryl/α,β-unsaturated/α-hetero) is 2. The zero-order valence-electron chi connectivity index (χ0n) is 21.4. The largest absolute Gasteiger partial charge is 0.510 e. The molecule has 0 aromatic heterocycles. The van der Waals surface area contributed by atoms with Crippen molar-refractivity contribution in [2.75, 3.05) is 14.1 Å². The van der Waals surface area contributed by atoms with Gasteiger partial charge in [0.05, 0.1) is 17.5 Å². The number of hydrogen-bond acceptors (Lipinski definition) is 8. The Kier molecular flexibility index (Phi) is 6.03. The zero-order chi connectivity index (χ0) is 26.9. The standard InChI is InChI=1S/C28H33N3O6/c1-12-5-6-13(2)31(12)11-14-7-8-18(32)20-16(14)9-15-10-17-21(25(34)19(15)24(20)33)26(35)22(28(29)37)27(36)23(17)30(3)4/h5-8,12-13,15,17,21,23,32-33,36H,9-11H2,1-4H3,(H2,29,37)/t12?,13?,15-,17?,21?,23-/m0/s1. The number of allylic oxidation sites excluding steroid dienone is 1. The fourth-order valence-corrected chi connectivity index (χ4v) is 6.88. The van der Waals surface area contributed by atoms with Gasteiger partial charge in [0.2, 0.25) is 0 Å². The molecular formula is C28H33N3O6. The number of phenolic OH excluding ortho intramolecular Hbond substituents is 1. The second-order valence-electron chi connectivity index (χ2n) is 10.9. The number of aliphatic hydroxyl groups excluding tert-OH is 2. The van der Waals surface area contributed by atoms with Crippen LogP contribution in [0, 0.1) is 17.8 Å². The second-order valence-corrected chi connectivity index (χ2v) is 10.9. The molecule has 1 heterocycles. The summed E-state index contributed by atoms with van der Waals surface area (Å²) in [6, 6.07) is 3.12. The molecule has 4 aliphatic rings. The van der Waals surface area contributed by atoms with E-state index >= 15 is 0 Å². The molecule has 0 radical (unpaired) electrons. The number of amides is 1. The Morgan fingerprint density at radius 2 is 1.73 bits per heavy atom. The van der Waals surface area contributed by atoms with Gasteiger partial charge >= 0.3 is 0 Å². The number of nitrogens with zero attached hydrogens (tertiary/aromatic N) is 2. The predicted molar refractivity (Wildman–Crippen MR) is 136 cm³/mol. The molecular weight excluding hydrogens is 474 g/mol. The molecule has 4 unspecified atom stereocenters. The van der Waals surface area contributed by atoms with Crippen LogP contribution in [0.25, 0.3) is 5.76 Å². The van der Waals surface area contributed by atoms with E-state index in [-0.39, 0.29) is 34.7 Å². The Bertz CT molecular complexity index is 1300. The van der Waals surface area contributed by atoms with E-state index in [2.05, 4.69) is 30.9 Å². The molecule has 0 spiro atoms. The first-order chi connectivity index (χ1) is 17.4. The van der Waals surface area contributed by atoms with Gasteiger partial charge in [-0.05, 0) is 69.8 Å². The number of aliphatic hydroxyl groups is 2. The highest BCUT2D eigenvalue weighted by Crippen LogP contribution is 2.50. The number of likely N-dealkylation sites (N-methyl/N-ethyl adjacent to an activating group) is 1. The number of rotatable bonds is 4. The average Bonchev–Trinajstić information content (AvgIpc) is 3.11. The number of phenols is 1. The van der Waals surface area contributed by atoms with Crippen LogP contribution in [0.3, 0.4) is 0 Å². The molecule has 0 bridgehead atoms. The number of carbonyl (C=O) groups excluding carboxylic acids is 3. The molecule has 9 nitrogen and oxygen atoms in total. The maximum Gasteiger partial charge on any atom is 0.255 e. The van der Waals surface area contributed by atoms with Crippen LogP contribution in [0.5, 0.6) is 5.75 Å². The van der Waals surface area contributed by atoms with Crippen molar-refractivity contribution in [1.29, 1.82) is 0 Å². The molecule has 196 valence electrons. The van der Waals surface area contributed by atoms with Gasteiger partial charge in [-0.2, -0.15) is 0 Å². The average molecular weight is 508 g/mol. The second kappa shape index (κ2) is 8.85. The van der Waals surface area contributed by atoms with Crippen LogP contribution in [0.15, 0.2) is 41.2 Å². The van der Waals surface area contributed by atoms with Gasteiger partial charge in [0.15, 0.2) is 11.6 Å². The van der Waals surface area contributed by atoms with Gasteiger partial charge in [-0.1, -0.05) is 18.2 Å². The number of hydrogen-bond donors (Lipinski definition) is 4. The van der Waals surface area contributed by atoms with E-state index in [9.17, 15) is 29.7 Å². The summed E-state index contributed by atoms with van der Waals surface area (Å²) < 4.78 is 0. The third kappa shape index (κ3) is 3.71. The van der Waals surface area contributed by atoms with Crippen LogP contribution in [-0.2, 0) is 27.3 Å². The van der Waals surface area contributed by atoms with Crippen LogP contribution >= 0.6 is 0 Å². The van der Waals surface area contributed by atoms with Gasteiger partial charge in [0.1, 0.15) is 22.8 Å². The molecule has 6 atom stereocenters. The van der Waals surface area contributed by atoms with E-state index in [1.54, 1.807) is 19.0 Å². The van der Waals surface area contributed by atoms with Gasteiger partial charge in [-0.3, -0.25) is 24.2 Å². The van der Waals surface area contributed by atoms with Gasteiger partial charge < -0.3 is 21.1 Å². The molecule has 1 aromatic carbocycles. The van der Waals surface area contributed by atoms with Crippen molar-refractivity contribution in [3.63, 3.8) is 0 Å². The smallest absolute Gasteiger partial charge is 0.255 e. The number of aromatic hydroxyl groups is 1. The molecule has 1 amide bonds. The SMILES string of the molecule is CC1C=CC(C)N1Cc1ccc(O)c2c1C[C@H]1CC3C(C(=O)C(C(N)=O)=C(O)[C@H]3N(C)C)C(=O)C1=C2O. The molecule has 1 fully saturated rings. The quantitative estimate of drug-likeness (QED) is 0.275. The van der Waals surface area contributed by atoms with E-state index in [0.717, 1.165) is 11.1 Å². The topological polar surface area (TPSA) is 144 Å². The highest BCUT2D eigenvalue weighted by atomic mass is 16.3. The molecule has 3 aliphatic carbocycles. The summed E-state index contributed by atoms with van der Waals surface area (Å²) in [7, 11) is 3.41. The third-order valence-corrected chi connectivity index (χ3v) is 8.61. The number of carbonyl (C=O) groups is 3. The van der Waals surface area contributed by atoms with Crippen molar-refractivity contribution < 1.29 is 29.7 Å². The van der Waals surface area contributed by atoms with Crippen molar-refractivity contribution in [1.82, 2.24) is 9.80 Å². The van der Waals surface area contributed by atoms with Crippen LogP contribution in [-0.4, -0.2) is 74.8 Å². The lowest BCUT2D eigenvalue weighted by Gasteiger charge is -2.46. The van der Waals surface area contributed by atoms with Crippen molar-refractivity contribution in [2.24, 2.45) is 23.5 Å². The van der Waals surface area contributed by atoms with Gasteiger partial charge in [0, 0.05) is 24.2 Å². The molecule has 1 aromatic rings. The molecule has 5 rings (SSSR count). The highest BCUT2D eigenvalue weighted by Gasteiger charge is 2.55. The number of ketones is 2. The van der Waals surface area contributed by atoms with Crippen LogP contribution in [0.4, 0.5) is 0 Å². The maximum atomic E-state index is 13.8. The number of benzene rings is 1. The van der Waals surface area contributed by atoms with Crippen molar-refractivity contribution in [3.8, 4) is 5.75 Å². The summed E-state index contributed by atoms with van der Waals surface area (Å²) >= 11 is 0. The highest BCUT2D eigenvalue weighted by molar-refractivity contribution is 6.28. The first-order valence-electron chi connectivity index (χ1n) is 12.6. The molecule has 37 heavy (non-hydrogen) atoms. The number of fused-ring (bicyclic) bond motifs is 3. The van der Waals surface area contributed by atoms with E-state index in [1.165, 1.54) is 6.07 Å². The third-order valence-electron chi connectivity index (χ3n) is 8.61. The fourth-order valence-electron chi connectivity index (χ4n) is 6.88. The molecule has 1 saturated carbocycles. The Labute approximate surface area is 215 Å². The Balaban J connectivity index is 1.61. The van der Waals surface area contributed by atoms with Gasteiger partial charge in [-0.15, -0.1) is 0 Å². The number of nitrogens with two attached hydrogens (primary N) is 1.